The predicted octanol–water partition coefficient (Wildman–Crippen LogP) is 3.84. The molecule has 0 radical (unpaired) electrons. The summed E-state index contributed by atoms with van der Waals surface area (Å²) >= 11 is 0. The fourth-order valence-corrected chi connectivity index (χ4v) is 3.02. The van der Waals surface area contributed by atoms with Crippen molar-refractivity contribution in [2.75, 3.05) is 6.61 Å². The van der Waals surface area contributed by atoms with Gasteiger partial charge >= 0.3 is 5.97 Å². The summed E-state index contributed by atoms with van der Waals surface area (Å²) in [5.41, 5.74) is 1.26. The van der Waals surface area contributed by atoms with Gasteiger partial charge in [0.2, 0.25) is 0 Å². The summed E-state index contributed by atoms with van der Waals surface area (Å²) in [5, 5.41) is 14.5. The van der Waals surface area contributed by atoms with Crippen LogP contribution in [0.1, 0.15) is 29.3 Å². The molecule has 2 N–H and O–H groups in total. The fraction of sp³-hybridized carbons (Fsp3) is 0.217. The van der Waals surface area contributed by atoms with Crippen molar-refractivity contribution in [2.24, 2.45) is 0 Å². The van der Waals surface area contributed by atoms with Crippen LogP contribution in [-0.2, 0) is 16.0 Å². The van der Waals surface area contributed by atoms with Gasteiger partial charge in [0.15, 0.2) is 6.61 Å². The lowest BCUT2D eigenvalue weighted by atomic mass is 10.1. The Labute approximate surface area is 164 Å². The van der Waals surface area contributed by atoms with Crippen LogP contribution >= 0.6 is 0 Å². The summed E-state index contributed by atoms with van der Waals surface area (Å²) < 4.78 is 5.07. The molecule has 0 aliphatic rings. The van der Waals surface area contributed by atoms with Crippen molar-refractivity contribution in [2.45, 2.75) is 25.8 Å². The number of phenolic OH excluding ortho intramolecular Hbond substituents is 1. The van der Waals surface area contributed by atoms with Gasteiger partial charge in [-0.2, -0.15) is 0 Å². The molecule has 1 unspecified atom stereocenters. The van der Waals surface area contributed by atoms with Crippen LogP contribution in [0.15, 0.2) is 66.7 Å². The van der Waals surface area contributed by atoms with Crippen LogP contribution in [0.5, 0.6) is 5.75 Å². The van der Waals surface area contributed by atoms with E-state index in [9.17, 15) is 14.7 Å². The molecule has 3 rings (SSSR count). The van der Waals surface area contributed by atoms with Gasteiger partial charge in [-0.3, -0.25) is 4.79 Å². The number of carbonyl (C=O) groups excluding carboxylic acids is 2. The number of carbonyl (C=O) groups is 2. The molecule has 0 saturated heterocycles. The average Bonchev–Trinajstić information content (AvgIpc) is 2.70. The van der Waals surface area contributed by atoms with Crippen LogP contribution in [0.4, 0.5) is 0 Å². The Morgan fingerprint density at radius 2 is 1.64 bits per heavy atom. The lowest BCUT2D eigenvalue weighted by Crippen LogP contribution is -2.36. The van der Waals surface area contributed by atoms with Crippen molar-refractivity contribution in [1.82, 2.24) is 5.32 Å². The zero-order valence-corrected chi connectivity index (χ0v) is 15.7. The second-order valence-corrected chi connectivity index (χ2v) is 6.79. The zero-order chi connectivity index (χ0) is 19.9. The van der Waals surface area contributed by atoms with Crippen molar-refractivity contribution in [3.8, 4) is 5.75 Å². The van der Waals surface area contributed by atoms with Gasteiger partial charge in [0.05, 0.1) is 0 Å². The highest BCUT2D eigenvalue weighted by atomic mass is 16.5. The molecular formula is C23H23NO4. The van der Waals surface area contributed by atoms with Gasteiger partial charge in [-0.1, -0.05) is 54.6 Å². The fourth-order valence-electron chi connectivity index (χ4n) is 3.02. The maximum absolute atomic E-state index is 12.2. The zero-order valence-electron chi connectivity index (χ0n) is 15.7. The van der Waals surface area contributed by atoms with Crippen LogP contribution in [0.25, 0.3) is 10.8 Å². The summed E-state index contributed by atoms with van der Waals surface area (Å²) in [7, 11) is 0. The van der Waals surface area contributed by atoms with E-state index in [-0.39, 0.29) is 29.9 Å². The van der Waals surface area contributed by atoms with Crippen molar-refractivity contribution in [3.05, 3.63) is 77.9 Å². The van der Waals surface area contributed by atoms with Crippen molar-refractivity contribution in [1.29, 1.82) is 0 Å². The quantitative estimate of drug-likeness (QED) is 0.614. The highest BCUT2D eigenvalue weighted by molar-refractivity contribution is 5.99. The predicted molar refractivity (Wildman–Crippen MR) is 108 cm³/mol. The second-order valence-electron chi connectivity index (χ2n) is 6.79. The highest BCUT2D eigenvalue weighted by Gasteiger charge is 2.16. The third-order valence-corrected chi connectivity index (χ3v) is 4.53. The van der Waals surface area contributed by atoms with Gasteiger partial charge in [-0.25, -0.2) is 4.79 Å². The van der Waals surface area contributed by atoms with Crippen molar-refractivity contribution >= 4 is 22.6 Å². The lowest BCUT2D eigenvalue weighted by Gasteiger charge is -2.14. The normalized spacial score (nSPS) is 11.8. The lowest BCUT2D eigenvalue weighted by molar-refractivity contribution is -0.124. The number of benzene rings is 3. The van der Waals surface area contributed by atoms with Gasteiger partial charge in [0, 0.05) is 6.04 Å². The Bertz CT molecular complexity index is 969. The number of nitrogens with one attached hydrogen (secondary N) is 1. The van der Waals surface area contributed by atoms with E-state index in [1.807, 2.05) is 61.5 Å². The van der Waals surface area contributed by atoms with E-state index in [0.717, 1.165) is 23.6 Å². The van der Waals surface area contributed by atoms with E-state index in [2.05, 4.69) is 5.32 Å². The molecular weight excluding hydrogens is 354 g/mol. The van der Waals surface area contributed by atoms with E-state index >= 15 is 0 Å². The Hall–Kier alpha value is -3.34. The minimum absolute atomic E-state index is 0.0412. The largest absolute Gasteiger partial charge is 0.507 e. The number of aromatic hydroxyl groups is 1. The van der Waals surface area contributed by atoms with E-state index < -0.39 is 5.97 Å². The van der Waals surface area contributed by atoms with Crippen LogP contribution in [0, 0.1) is 0 Å². The molecule has 0 saturated carbocycles. The number of hydrogen-bond acceptors (Lipinski definition) is 4. The molecule has 5 nitrogen and oxygen atoms in total. The number of ether oxygens (including phenoxy) is 1. The molecule has 5 heteroatoms. The van der Waals surface area contributed by atoms with Crippen LogP contribution < -0.4 is 5.32 Å². The Balaban J connectivity index is 1.50. The summed E-state index contributed by atoms with van der Waals surface area (Å²) in [6.07, 6.45) is 1.64. The summed E-state index contributed by atoms with van der Waals surface area (Å²) in [5.74, 6) is -1.26. The average molecular weight is 377 g/mol. The van der Waals surface area contributed by atoms with Gasteiger partial charge < -0.3 is 15.2 Å². The topological polar surface area (TPSA) is 75.6 Å². The molecule has 3 aromatic carbocycles. The number of phenols is 1. The Morgan fingerprint density at radius 3 is 2.36 bits per heavy atom. The molecule has 0 fully saturated rings. The maximum Gasteiger partial charge on any atom is 0.342 e. The molecule has 3 aromatic rings. The molecule has 1 atom stereocenters. The van der Waals surface area contributed by atoms with E-state index in [4.69, 9.17) is 4.74 Å². The van der Waals surface area contributed by atoms with Crippen LogP contribution in [0.2, 0.25) is 0 Å². The number of amides is 1. The first-order valence-corrected chi connectivity index (χ1v) is 9.25. The van der Waals surface area contributed by atoms with Crippen molar-refractivity contribution < 1.29 is 19.4 Å². The molecule has 0 aromatic heterocycles. The minimum atomic E-state index is -0.727. The van der Waals surface area contributed by atoms with Crippen molar-refractivity contribution in [3.63, 3.8) is 0 Å². The second kappa shape index (κ2) is 9.04. The van der Waals surface area contributed by atoms with E-state index in [0.29, 0.717) is 0 Å². The minimum Gasteiger partial charge on any atom is -0.507 e. The highest BCUT2D eigenvalue weighted by Crippen LogP contribution is 2.25. The first kappa shape index (κ1) is 19.4. The smallest absolute Gasteiger partial charge is 0.342 e. The first-order valence-electron chi connectivity index (χ1n) is 9.25. The molecule has 0 bridgehead atoms. The van der Waals surface area contributed by atoms with Gasteiger partial charge in [-0.15, -0.1) is 0 Å². The number of esters is 1. The number of fused-ring (bicyclic) bond motifs is 1. The SMILES string of the molecule is CC(CCc1ccccc1)NC(=O)COC(=O)c1cc2ccccc2cc1O. The Kier molecular flexibility index (Phi) is 6.27. The first-order chi connectivity index (χ1) is 13.5. The summed E-state index contributed by atoms with van der Waals surface area (Å²) in [6.45, 7) is 1.53. The molecule has 0 heterocycles. The van der Waals surface area contributed by atoms with Gasteiger partial charge in [0.25, 0.3) is 5.91 Å². The van der Waals surface area contributed by atoms with Gasteiger partial charge in [0.1, 0.15) is 11.3 Å². The monoisotopic (exact) mass is 377 g/mol. The number of rotatable bonds is 7. The molecule has 0 aliphatic carbocycles. The number of hydrogen-bond donors (Lipinski definition) is 2. The van der Waals surface area contributed by atoms with Crippen LogP contribution in [0.3, 0.4) is 0 Å². The third kappa shape index (κ3) is 5.10. The standard InChI is InChI=1S/C23H23NO4/c1-16(11-12-17-7-3-2-4-8-17)24-22(26)15-28-23(27)20-13-18-9-5-6-10-19(18)14-21(20)25/h2-10,13-14,16,25H,11-12,15H2,1H3,(H,24,26). The van der Waals surface area contributed by atoms with Gasteiger partial charge in [-0.05, 0) is 48.2 Å². The van der Waals surface area contributed by atoms with E-state index in [1.54, 1.807) is 6.07 Å². The molecule has 0 spiro atoms. The molecule has 0 aliphatic heterocycles. The molecule has 1 amide bonds. The summed E-state index contributed by atoms with van der Waals surface area (Å²) in [6, 6.07) is 20.4. The third-order valence-electron chi connectivity index (χ3n) is 4.53. The number of aryl methyl sites for hydroxylation is 1. The summed E-state index contributed by atoms with van der Waals surface area (Å²) in [4.78, 5) is 24.3. The Morgan fingerprint density at radius 1 is 1.00 bits per heavy atom. The maximum atomic E-state index is 12.2. The van der Waals surface area contributed by atoms with Crippen LogP contribution in [-0.4, -0.2) is 29.6 Å². The van der Waals surface area contributed by atoms with E-state index in [1.165, 1.54) is 11.6 Å². The molecule has 144 valence electrons. The molecule has 28 heavy (non-hydrogen) atoms.